The minimum Gasteiger partial charge on any atom is -0.340 e. The molecule has 0 saturated carbocycles. The molecule has 1 fully saturated rings. The van der Waals surface area contributed by atoms with Crippen LogP contribution in [0.2, 0.25) is 0 Å². The number of hydrogen-bond acceptors (Lipinski definition) is 2. The van der Waals surface area contributed by atoms with E-state index in [9.17, 15) is 4.79 Å². The summed E-state index contributed by atoms with van der Waals surface area (Å²) in [5.41, 5.74) is 1.24. The molecule has 2 amide bonds. The van der Waals surface area contributed by atoms with Crippen LogP contribution in [0, 0.1) is 11.3 Å². The summed E-state index contributed by atoms with van der Waals surface area (Å²) < 4.78 is 1.92. The van der Waals surface area contributed by atoms with Gasteiger partial charge in [-0.1, -0.05) is 27.7 Å². The van der Waals surface area contributed by atoms with Crippen molar-refractivity contribution in [1.29, 1.82) is 0 Å². The lowest BCUT2D eigenvalue weighted by Crippen LogP contribution is -2.67. The molecule has 0 spiro atoms. The van der Waals surface area contributed by atoms with Crippen LogP contribution in [-0.4, -0.2) is 39.6 Å². The number of imidazole rings is 1. The zero-order valence-corrected chi connectivity index (χ0v) is 13.2. The first-order valence-corrected chi connectivity index (χ1v) is 7.32. The maximum absolute atomic E-state index is 12.2. The van der Waals surface area contributed by atoms with Gasteiger partial charge in [0.1, 0.15) is 0 Å². The Kier molecular flexibility index (Phi) is 4.06. The molecule has 1 atom stereocenters. The highest BCUT2D eigenvalue weighted by atomic mass is 16.2. The Bertz CT molecular complexity index is 478. The van der Waals surface area contributed by atoms with Crippen LogP contribution in [0.5, 0.6) is 0 Å². The molecule has 2 heterocycles. The second-order valence-electron chi connectivity index (χ2n) is 6.82. The van der Waals surface area contributed by atoms with E-state index in [1.807, 2.05) is 22.7 Å². The lowest BCUT2D eigenvalue weighted by molar-refractivity contribution is -0.0404. The van der Waals surface area contributed by atoms with Crippen LogP contribution >= 0.6 is 0 Å². The number of hydrogen-bond donors (Lipinski definition) is 1. The van der Waals surface area contributed by atoms with E-state index in [-0.39, 0.29) is 11.4 Å². The fraction of sp³-hybridized carbons (Fsp3) is 0.733. The summed E-state index contributed by atoms with van der Waals surface area (Å²) >= 11 is 0. The molecule has 0 aromatic carbocycles. The average Bonchev–Trinajstić information content (AvgIpc) is 2.71. The van der Waals surface area contributed by atoms with E-state index in [4.69, 9.17) is 0 Å². The first kappa shape index (κ1) is 14.9. The molecule has 1 aliphatic rings. The Morgan fingerprint density at radius 3 is 2.75 bits per heavy atom. The number of nitrogens with one attached hydrogen (secondary N) is 1. The summed E-state index contributed by atoms with van der Waals surface area (Å²) in [5.74, 6) is 0.486. The molecule has 1 saturated heterocycles. The summed E-state index contributed by atoms with van der Waals surface area (Å²) in [6.45, 7) is 10.3. The van der Waals surface area contributed by atoms with Crippen molar-refractivity contribution in [3.8, 4) is 0 Å². The zero-order chi connectivity index (χ0) is 14.9. The van der Waals surface area contributed by atoms with Crippen LogP contribution in [0.3, 0.4) is 0 Å². The number of rotatable bonds is 4. The molecule has 5 nitrogen and oxygen atoms in total. The van der Waals surface area contributed by atoms with Crippen molar-refractivity contribution in [3.05, 3.63) is 18.2 Å². The molecule has 1 aromatic heterocycles. The van der Waals surface area contributed by atoms with Gasteiger partial charge in [0.15, 0.2) is 0 Å². The number of urea groups is 1. The van der Waals surface area contributed by atoms with E-state index in [1.54, 1.807) is 6.33 Å². The van der Waals surface area contributed by atoms with Crippen LogP contribution in [0.25, 0.3) is 0 Å². The second-order valence-corrected chi connectivity index (χ2v) is 6.82. The van der Waals surface area contributed by atoms with E-state index in [2.05, 4.69) is 38.0 Å². The number of carbonyl (C=O) groups is 1. The lowest BCUT2D eigenvalue weighted by atomic mass is 9.70. The third-order valence-corrected chi connectivity index (χ3v) is 4.02. The number of likely N-dealkylation sites (tertiary alicyclic amines) is 1. The smallest absolute Gasteiger partial charge is 0.317 e. The molecule has 0 bridgehead atoms. The highest BCUT2D eigenvalue weighted by molar-refractivity contribution is 5.75. The van der Waals surface area contributed by atoms with Gasteiger partial charge in [-0.2, -0.15) is 0 Å². The van der Waals surface area contributed by atoms with Gasteiger partial charge in [0, 0.05) is 44.2 Å². The Balaban J connectivity index is 1.81. The summed E-state index contributed by atoms with van der Waals surface area (Å²) in [4.78, 5) is 18.4. The Morgan fingerprint density at radius 2 is 2.25 bits per heavy atom. The lowest BCUT2D eigenvalue weighted by Gasteiger charge is -2.56. The number of aryl methyl sites for hydroxylation is 1. The van der Waals surface area contributed by atoms with E-state index in [1.165, 1.54) is 0 Å². The van der Waals surface area contributed by atoms with Crippen molar-refractivity contribution in [1.82, 2.24) is 19.8 Å². The van der Waals surface area contributed by atoms with Crippen LogP contribution in [-0.2, 0) is 13.5 Å². The molecular weight excluding hydrogens is 252 g/mol. The van der Waals surface area contributed by atoms with Crippen LogP contribution in [0.15, 0.2) is 12.5 Å². The SMILES string of the molecule is CC(C)C1N(C(=O)NCCc2cn(C)cn2)CC1(C)C. The van der Waals surface area contributed by atoms with Gasteiger partial charge < -0.3 is 14.8 Å². The Morgan fingerprint density at radius 1 is 1.55 bits per heavy atom. The fourth-order valence-electron chi connectivity index (χ4n) is 3.40. The zero-order valence-electron chi connectivity index (χ0n) is 13.2. The molecule has 1 N–H and O–H groups in total. The van der Waals surface area contributed by atoms with Gasteiger partial charge in [-0.15, -0.1) is 0 Å². The van der Waals surface area contributed by atoms with Crippen molar-refractivity contribution < 1.29 is 4.79 Å². The van der Waals surface area contributed by atoms with E-state index < -0.39 is 0 Å². The maximum atomic E-state index is 12.2. The number of carbonyl (C=O) groups excluding carboxylic acids is 1. The van der Waals surface area contributed by atoms with Gasteiger partial charge in [-0.25, -0.2) is 9.78 Å². The van der Waals surface area contributed by atoms with Crippen LogP contribution < -0.4 is 5.32 Å². The van der Waals surface area contributed by atoms with Crippen molar-refractivity contribution in [2.45, 2.75) is 40.2 Å². The normalized spacial score (nSPS) is 20.9. The average molecular weight is 278 g/mol. The van der Waals surface area contributed by atoms with Gasteiger partial charge in [-0.3, -0.25) is 0 Å². The van der Waals surface area contributed by atoms with Crippen LogP contribution in [0.4, 0.5) is 4.79 Å². The van der Waals surface area contributed by atoms with E-state index >= 15 is 0 Å². The van der Waals surface area contributed by atoms with E-state index in [0.29, 0.717) is 18.5 Å². The van der Waals surface area contributed by atoms with Gasteiger partial charge in [-0.05, 0) is 5.92 Å². The maximum Gasteiger partial charge on any atom is 0.317 e. The molecule has 1 aromatic rings. The predicted molar refractivity (Wildman–Crippen MR) is 79.4 cm³/mol. The molecule has 1 unspecified atom stereocenters. The topological polar surface area (TPSA) is 50.2 Å². The number of amides is 2. The minimum atomic E-state index is 0.0546. The van der Waals surface area contributed by atoms with Crippen molar-refractivity contribution in [3.63, 3.8) is 0 Å². The van der Waals surface area contributed by atoms with Crippen molar-refractivity contribution >= 4 is 6.03 Å². The number of aromatic nitrogens is 2. The number of nitrogens with zero attached hydrogens (tertiary/aromatic N) is 3. The van der Waals surface area contributed by atoms with E-state index in [0.717, 1.165) is 18.7 Å². The quantitative estimate of drug-likeness (QED) is 0.916. The molecular formula is C15H26N4O. The molecule has 2 rings (SSSR count). The summed E-state index contributed by atoms with van der Waals surface area (Å²) in [6, 6.07) is 0.385. The summed E-state index contributed by atoms with van der Waals surface area (Å²) in [7, 11) is 1.95. The molecule has 0 radical (unpaired) electrons. The molecule has 0 aliphatic carbocycles. The third kappa shape index (κ3) is 2.97. The molecule has 1 aliphatic heterocycles. The van der Waals surface area contributed by atoms with Gasteiger partial charge in [0.2, 0.25) is 0 Å². The first-order chi connectivity index (χ1) is 9.31. The molecule has 5 heteroatoms. The van der Waals surface area contributed by atoms with Crippen molar-refractivity contribution in [2.24, 2.45) is 18.4 Å². The van der Waals surface area contributed by atoms with Gasteiger partial charge >= 0.3 is 6.03 Å². The molecule has 112 valence electrons. The second kappa shape index (κ2) is 5.46. The van der Waals surface area contributed by atoms with Gasteiger partial charge in [0.05, 0.1) is 12.0 Å². The Hall–Kier alpha value is -1.52. The van der Waals surface area contributed by atoms with Crippen molar-refractivity contribution in [2.75, 3.05) is 13.1 Å². The highest BCUT2D eigenvalue weighted by Crippen LogP contribution is 2.40. The minimum absolute atomic E-state index is 0.0546. The Labute approximate surface area is 121 Å². The fourth-order valence-corrected chi connectivity index (χ4v) is 3.40. The summed E-state index contributed by atoms with van der Waals surface area (Å²) in [6.07, 6.45) is 4.54. The standard InChI is InChI=1S/C15H26N4O/c1-11(2)13-15(3,4)9-19(13)14(20)16-7-6-12-8-18(5)10-17-12/h8,10-11,13H,6-7,9H2,1-5H3,(H,16,20). The molecule has 20 heavy (non-hydrogen) atoms. The van der Waals surface area contributed by atoms with Crippen LogP contribution in [0.1, 0.15) is 33.4 Å². The predicted octanol–water partition coefficient (Wildman–Crippen LogP) is 2.04. The largest absolute Gasteiger partial charge is 0.340 e. The monoisotopic (exact) mass is 278 g/mol. The summed E-state index contributed by atoms with van der Waals surface area (Å²) in [5, 5.41) is 3.00. The third-order valence-electron chi connectivity index (χ3n) is 4.02. The first-order valence-electron chi connectivity index (χ1n) is 7.32. The van der Waals surface area contributed by atoms with Gasteiger partial charge in [0.25, 0.3) is 0 Å². The highest BCUT2D eigenvalue weighted by Gasteiger charge is 2.49.